The number of rotatable bonds is 6. The number of amides is 1. The van der Waals surface area contributed by atoms with Crippen LogP contribution >= 0.6 is 22.6 Å². The molecule has 0 aromatic heterocycles. The lowest BCUT2D eigenvalue weighted by Gasteiger charge is -2.54. The second-order valence-electron chi connectivity index (χ2n) is 10.5. The van der Waals surface area contributed by atoms with Gasteiger partial charge in [0.1, 0.15) is 12.3 Å². The van der Waals surface area contributed by atoms with Gasteiger partial charge in [-0.15, -0.1) is 0 Å². The number of carboxylic acid groups (broad SMARTS) is 1. The van der Waals surface area contributed by atoms with Crippen LogP contribution in [0.1, 0.15) is 71.1 Å². The van der Waals surface area contributed by atoms with Crippen molar-refractivity contribution in [2.24, 2.45) is 47.3 Å². The molecule has 0 aliphatic heterocycles. The lowest BCUT2D eigenvalue weighted by Crippen LogP contribution is -2.50. The second-order valence-corrected chi connectivity index (χ2v) is 12.1. The Bertz CT molecular complexity index is 682. The molecule has 5 nitrogen and oxygen atoms in total. The minimum atomic E-state index is -0.989. The van der Waals surface area contributed by atoms with Crippen molar-refractivity contribution in [3.8, 4) is 0 Å². The number of fused-ring (bicyclic) bond motifs is 5. The van der Waals surface area contributed by atoms with E-state index in [1.54, 1.807) is 0 Å². The van der Waals surface area contributed by atoms with Crippen LogP contribution < -0.4 is 5.32 Å². The van der Waals surface area contributed by atoms with Crippen LogP contribution in [0, 0.1) is 47.3 Å². The molecule has 0 radical (unpaired) electrons. The zero-order valence-electron chi connectivity index (χ0n) is 18.0. The van der Waals surface area contributed by atoms with Crippen LogP contribution in [0.25, 0.3) is 0 Å². The van der Waals surface area contributed by atoms with Gasteiger partial charge in [0.25, 0.3) is 0 Å². The van der Waals surface area contributed by atoms with Crippen molar-refractivity contribution in [3.05, 3.63) is 0 Å². The first-order valence-electron chi connectivity index (χ1n) is 12.0. The van der Waals surface area contributed by atoms with Gasteiger partial charge in [-0.2, -0.15) is 0 Å². The maximum absolute atomic E-state index is 12.0. The molecule has 2 N–H and O–H groups in total. The van der Waals surface area contributed by atoms with Gasteiger partial charge in [-0.25, -0.2) is 0 Å². The van der Waals surface area contributed by atoms with Crippen LogP contribution in [-0.2, 0) is 14.4 Å². The molecule has 0 spiro atoms. The third-order valence-corrected chi connectivity index (χ3v) is 10.4. The number of alkyl halides is 1. The molecule has 4 aliphatic carbocycles. The summed E-state index contributed by atoms with van der Waals surface area (Å²) < 4.78 is 0.711. The van der Waals surface area contributed by atoms with Gasteiger partial charge in [-0.3, -0.25) is 14.4 Å². The molecule has 0 saturated heterocycles. The molecule has 0 heterocycles. The van der Waals surface area contributed by atoms with Crippen LogP contribution in [-0.4, -0.2) is 33.2 Å². The number of carbonyl (C=O) groups is 3. The van der Waals surface area contributed by atoms with Gasteiger partial charge in [-0.05, 0) is 92.3 Å². The van der Waals surface area contributed by atoms with Crippen LogP contribution in [0.3, 0.4) is 0 Å². The highest BCUT2D eigenvalue weighted by molar-refractivity contribution is 14.1. The number of carbonyl (C=O) groups excluding carboxylic acids is 2. The van der Waals surface area contributed by atoms with E-state index in [1.807, 2.05) is 0 Å². The Morgan fingerprint density at radius 3 is 2.57 bits per heavy atom. The van der Waals surface area contributed by atoms with Gasteiger partial charge < -0.3 is 10.4 Å². The Hall–Kier alpha value is -0.660. The van der Waals surface area contributed by atoms with E-state index in [0.717, 1.165) is 55.3 Å². The average molecular weight is 529 g/mol. The largest absolute Gasteiger partial charge is 0.480 e. The van der Waals surface area contributed by atoms with E-state index >= 15 is 0 Å². The minimum absolute atomic E-state index is 0.139. The SMILES string of the molecule is C[C@H](CCC(=O)NCC(=O)O)C1CC[C@@H]2C1CC[C@@H]1C3CCC(=O)CC3C[C@@H](I)C12. The summed E-state index contributed by atoms with van der Waals surface area (Å²) in [6.07, 6.45) is 10.6. The van der Waals surface area contributed by atoms with Crippen LogP contribution in [0.4, 0.5) is 0 Å². The Balaban J connectivity index is 1.35. The molecule has 4 aliphatic rings. The highest BCUT2D eigenvalue weighted by Gasteiger charge is 2.54. The van der Waals surface area contributed by atoms with Crippen LogP contribution in [0.5, 0.6) is 0 Å². The van der Waals surface area contributed by atoms with Gasteiger partial charge in [0.15, 0.2) is 0 Å². The lowest BCUT2D eigenvalue weighted by atomic mass is 9.53. The first kappa shape index (κ1) is 22.5. The van der Waals surface area contributed by atoms with Crippen LogP contribution in [0.15, 0.2) is 0 Å². The predicted molar refractivity (Wildman–Crippen MR) is 123 cm³/mol. The van der Waals surface area contributed by atoms with Gasteiger partial charge in [0.2, 0.25) is 5.91 Å². The summed E-state index contributed by atoms with van der Waals surface area (Å²) in [5.74, 6) is 5.30. The molecular weight excluding hydrogens is 493 g/mol. The predicted octanol–water partition coefficient (Wildman–Crippen LogP) is 4.46. The maximum Gasteiger partial charge on any atom is 0.322 e. The molecule has 4 fully saturated rings. The standard InChI is InChI=1S/C24H36INO4/c1-13(2-9-22(28)26-12-23(29)30)16-5-7-20-18(16)6-8-19-17-4-3-15(27)10-14(17)11-21(25)24(19)20/h13-14,16-21,24H,2-12H2,1H3,(H,26,28)(H,29,30)/t13-,14?,16?,17?,18?,19-,20-,21-,24?/m1/s1. The summed E-state index contributed by atoms with van der Waals surface area (Å²) in [6, 6.07) is 0. The summed E-state index contributed by atoms with van der Waals surface area (Å²) in [6.45, 7) is 2.02. The Kier molecular flexibility index (Phi) is 7.10. The van der Waals surface area contributed by atoms with E-state index in [-0.39, 0.29) is 12.5 Å². The average Bonchev–Trinajstić information content (AvgIpc) is 3.14. The molecule has 30 heavy (non-hydrogen) atoms. The second kappa shape index (κ2) is 9.45. The highest BCUT2D eigenvalue weighted by Crippen LogP contribution is 2.61. The summed E-state index contributed by atoms with van der Waals surface area (Å²) in [4.78, 5) is 34.6. The number of nitrogens with one attached hydrogen (secondary N) is 1. The Morgan fingerprint density at radius 2 is 1.80 bits per heavy atom. The fourth-order valence-electron chi connectivity index (χ4n) is 7.89. The van der Waals surface area contributed by atoms with Crippen molar-refractivity contribution in [2.75, 3.05) is 6.54 Å². The lowest BCUT2D eigenvalue weighted by molar-refractivity contribution is -0.138. The normalized spacial score (nSPS) is 41.3. The molecule has 6 heteroatoms. The third kappa shape index (κ3) is 4.58. The Labute approximate surface area is 193 Å². The fraction of sp³-hybridized carbons (Fsp3) is 0.875. The Morgan fingerprint density at radius 1 is 1.10 bits per heavy atom. The van der Waals surface area contributed by atoms with Crippen molar-refractivity contribution in [2.45, 2.75) is 75.1 Å². The monoisotopic (exact) mass is 529 g/mol. The molecule has 0 aromatic carbocycles. The zero-order valence-corrected chi connectivity index (χ0v) is 20.2. The quantitative estimate of drug-likeness (QED) is 0.393. The van der Waals surface area contributed by atoms with Gasteiger partial charge in [0.05, 0.1) is 0 Å². The van der Waals surface area contributed by atoms with E-state index in [0.29, 0.717) is 33.9 Å². The van der Waals surface area contributed by atoms with Crippen molar-refractivity contribution < 1.29 is 19.5 Å². The number of Topliss-reactive ketones (excluding diaryl/α,β-unsaturated/α-hetero) is 1. The first-order valence-corrected chi connectivity index (χ1v) is 13.2. The molecule has 1 amide bonds. The van der Waals surface area contributed by atoms with Gasteiger partial charge in [0, 0.05) is 23.2 Å². The molecule has 0 aromatic rings. The van der Waals surface area contributed by atoms with Crippen molar-refractivity contribution in [3.63, 3.8) is 0 Å². The third-order valence-electron chi connectivity index (χ3n) is 9.10. The smallest absolute Gasteiger partial charge is 0.322 e. The van der Waals surface area contributed by atoms with Gasteiger partial charge in [-0.1, -0.05) is 29.5 Å². The first-order chi connectivity index (χ1) is 14.3. The number of hydrogen-bond donors (Lipinski definition) is 2. The van der Waals surface area contributed by atoms with E-state index in [4.69, 9.17) is 5.11 Å². The van der Waals surface area contributed by atoms with Crippen LogP contribution in [0.2, 0.25) is 0 Å². The topological polar surface area (TPSA) is 83.5 Å². The van der Waals surface area contributed by atoms with E-state index in [1.165, 1.54) is 32.1 Å². The van der Waals surface area contributed by atoms with Crippen molar-refractivity contribution >= 4 is 40.3 Å². The number of hydrogen-bond acceptors (Lipinski definition) is 3. The van der Waals surface area contributed by atoms with E-state index in [9.17, 15) is 14.4 Å². The summed E-state index contributed by atoms with van der Waals surface area (Å²) >= 11 is 2.72. The van der Waals surface area contributed by atoms with Crippen molar-refractivity contribution in [1.82, 2.24) is 5.32 Å². The molecule has 4 rings (SSSR count). The molecule has 5 unspecified atom stereocenters. The van der Waals surface area contributed by atoms with Crippen molar-refractivity contribution in [1.29, 1.82) is 0 Å². The number of halogens is 1. The fourth-order valence-corrected chi connectivity index (χ4v) is 9.61. The van der Waals surface area contributed by atoms with Gasteiger partial charge >= 0.3 is 5.97 Å². The molecular formula is C24H36INO4. The number of aliphatic carboxylic acids is 1. The highest BCUT2D eigenvalue weighted by atomic mass is 127. The summed E-state index contributed by atoms with van der Waals surface area (Å²) in [5.41, 5.74) is 0. The molecule has 9 atom stereocenters. The molecule has 4 saturated carbocycles. The number of ketones is 1. The maximum atomic E-state index is 12.0. The van der Waals surface area contributed by atoms with E-state index < -0.39 is 5.97 Å². The molecule has 168 valence electrons. The summed E-state index contributed by atoms with van der Waals surface area (Å²) in [7, 11) is 0. The molecule has 0 bridgehead atoms. The zero-order chi connectivity index (χ0) is 21.4. The number of carboxylic acids is 1. The van der Waals surface area contributed by atoms with E-state index in [2.05, 4.69) is 34.8 Å². The summed E-state index contributed by atoms with van der Waals surface area (Å²) in [5, 5.41) is 11.2. The minimum Gasteiger partial charge on any atom is -0.480 e.